The lowest BCUT2D eigenvalue weighted by Gasteiger charge is -2.31. The summed E-state index contributed by atoms with van der Waals surface area (Å²) in [6.07, 6.45) is 2.01. The quantitative estimate of drug-likeness (QED) is 0.647. The number of hydrogen-bond donors (Lipinski definition) is 0. The van der Waals surface area contributed by atoms with E-state index in [1.165, 1.54) is 12.1 Å². The fraction of sp³-hybridized carbons (Fsp3) is 0.222. The van der Waals surface area contributed by atoms with Crippen LogP contribution in [0.3, 0.4) is 0 Å². The third kappa shape index (κ3) is 3.87. The van der Waals surface area contributed by atoms with Crippen LogP contribution in [0.2, 0.25) is 0 Å². The summed E-state index contributed by atoms with van der Waals surface area (Å²) >= 11 is -0.536. The molecule has 0 unspecified atom stereocenters. The van der Waals surface area contributed by atoms with Crippen LogP contribution < -0.4 is 8.92 Å². The zero-order valence-corrected chi connectivity index (χ0v) is 13.9. The molecule has 2 aromatic carbocycles. The first-order valence-electron chi connectivity index (χ1n) is 7.28. The van der Waals surface area contributed by atoms with E-state index in [-0.39, 0.29) is 5.75 Å². The fourth-order valence-electron chi connectivity index (χ4n) is 2.55. The van der Waals surface area contributed by atoms with Gasteiger partial charge in [0.05, 0.1) is 0 Å². The van der Waals surface area contributed by atoms with Gasteiger partial charge in [-0.25, -0.2) is 0 Å². The van der Waals surface area contributed by atoms with E-state index in [1.807, 2.05) is 50.3 Å². The zero-order valence-electron chi connectivity index (χ0n) is 13.1. The Balaban J connectivity index is 1.97. The van der Waals surface area contributed by atoms with E-state index in [9.17, 15) is 13.2 Å². The molecule has 3 rings (SSSR count). The lowest BCUT2D eigenvalue weighted by Crippen LogP contribution is -2.29. The van der Waals surface area contributed by atoms with Gasteiger partial charge in [0.15, 0.2) is 12.0 Å². The summed E-state index contributed by atoms with van der Waals surface area (Å²) < 4.78 is 47.5. The zero-order chi connectivity index (χ0) is 17.4. The second-order valence-electron chi connectivity index (χ2n) is 5.90. The Hall–Kier alpha value is -2.08. The third-order valence-corrected chi connectivity index (χ3v) is 3.89. The van der Waals surface area contributed by atoms with Gasteiger partial charge in [0.2, 0.25) is 0 Å². The average molecular weight is 352 g/mol. The molecule has 126 valence electrons. The Kier molecular flexibility index (Phi) is 4.25. The molecule has 0 N–H and O–H groups in total. The summed E-state index contributed by atoms with van der Waals surface area (Å²) in [7, 11) is 0. The summed E-state index contributed by atoms with van der Waals surface area (Å²) in [4.78, 5) is 0. The standard InChI is InChI=1S/C18H15F3O2S/c1-17(2)11-15(12-6-4-3-5-7-12)14-9-8-13(10-16(14)22-17)23-24-18(19,20)21/h3-11H,1-2H3. The molecule has 0 saturated carbocycles. The lowest BCUT2D eigenvalue weighted by molar-refractivity contribution is -0.0369. The average Bonchev–Trinajstić information content (AvgIpc) is 2.51. The van der Waals surface area contributed by atoms with Crippen molar-refractivity contribution in [3.8, 4) is 11.5 Å². The molecule has 0 bridgehead atoms. The van der Waals surface area contributed by atoms with Gasteiger partial charge in [-0.15, -0.1) is 0 Å². The van der Waals surface area contributed by atoms with Gasteiger partial charge in [-0.3, -0.25) is 0 Å². The molecule has 2 nitrogen and oxygen atoms in total. The largest absolute Gasteiger partial charge is 0.483 e. The molecule has 1 heterocycles. The number of hydrogen-bond acceptors (Lipinski definition) is 3. The van der Waals surface area contributed by atoms with Crippen molar-refractivity contribution in [3.63, 3.8) is 0 Å². The summed E-state index contributed by atoms with van der Waals surface area (Å²) in [6, 6.07) is 14.5. The highest BCUT2D eigenvalue weighted by Gasteiger charge is 2.32. The highest BCUT2D eigenvalue weighted by Crippen LogP contribution is 2.42. The van der Waals surface area contributed by atoms with Gasteiger partial charge in [0, 0.05) is 11.6 Å². The van der Waals surface area contributed by atoms with E-state index in [2.05, 4.69) is 0 Å². The minimum absolute atomic E-state index is 0.0983. The van der Waals surface area contributed by atoms with Crippen molar-refractivity contribution in [3.05, 3.63) is 65.7 Å². The molecule has 2 aromatic rings. The molecule has 0 atom stereocenters. The molecule has 1 aliphatic rings. The topological polar surface area (TPSA) is 18.5 Å². The maximum Gasteiger partial charge on any atom is 0.479 e. The van der Waals surface area contributed by atoms with Crippen molar-refractivity contribution >= 4 is 17.6 Å². The van der Waals surface area contributed by atoms with Crippen molar-refractivity contribution in [2.24, 2.45) is 0 Å². The van der Waals surface area contributed by atoms with Gasteiger partial charge in [-0.2, -0.15) is 13.2 Å². The summed E-state index contributed by atoms with van der Waals surface area (Å²) in [5, 5.41) is 0. The molecule has 0 spiro atoms. The maximum absolute atomic E-state index is 12.3. The van der Waals surface area contributed by atoms with Crippen molar-refractivity contribution in [2.45, 2.75) is 25.0 Å². The molecular formula is C18H15F3O2S. The SMILES string of the molecule is CC1(C)C=C(c2ccccc2)c2ccc(OSC(F)(F)F)cc2O1. The number of ether oxygens (including phenoxy) is 1. The smallest absolute Gasteiger partial charge is 0.479 e. The Morgan fingerprint density at radius 3 is 2.42 bits per heavy atom. The van der Waals surface area contributed by atoms with Crippen LogP contribution in [0.5, 0.6) is 11.5 Å². The number of halogens is 3. The van der Waals surface area contributed by atoms with Crippen molar-refractivity contribution < 1.29 is 22.1 Å². The van der Waals surface area contributed by atoms with E-state index in [0.717, 1.165) is 16.7 Å². The highest BCUT2D eigenvalue weighted by atomic mass is 32.2. The Morgan fingerprint density at radius 1 is 1.04 bits per heavy atom. The Labute approximate surface area is 142 Å². The molecule has 0 aromatic heterocycles. The summed E-state index contributed by atoms with van der Waals surface area (Å²) in [6.45, 7) is 3.80. The second-order valence-corrected chi connectivity index (χ2v) is 6.70. The van der Waals surface area contributed by atoms with E-state index in [4.69, 9.17) is 8.92 Å². The number of benzene rings is 2. The van der Waals surface area contributed by atoms with Crippen LogP contribution in [0.15, 0.2) is 54.6 Å². The molecule has 1 aliphatic heterocycles. The fourth-order valence-corrected chi connectivity index (χ4v) is 2.85. The van der Waals surface area contributed by atoms with E-state index < -0.39 is 23.2 Å². The first-order valence-corrected chi connectivity index (χ1v) is 8.02. The van der Waals surface area contributed by atoms with Crippen LogP contribution in [-0.4, -0.2) is 11.1 Å². The van der Waals surface area contributed by atoms with Gasteiger partial charge in [0.1, 0.15) is 17.1 Å². The second kappa shape index (κ2) is 6.09. The molecular weight excluding hydrogens is 337 g/mol. The summed E-state index contributed by atoms with van der Waals surface area (Å²) in [5.74, 6) is 0.600. The van der Waals surface area contributed by atoms with Gasteiger partial charge in [-0.1, -0.05) is 30.3 Å². The van der Waals surface area contributed by atoms with E-state index in [1.54, 1.807) is 6.07 Å². The predicted octanol–water partition coefficient (Wildman–Crippen LogP) is 5.84. The van der Waals surface area contributed by atoms with Gasteiger partial charge >= 0.3 is 5.51 Å². The number of fused-ring (bicyclic) bond motifs is 1. The maximum atomic E-state index is 12.3. The van der Waals surface area contributed by atoms with E-state index >= 15 is 0 Å². The monoisotopic (exact) mass is 352 g/mol. The van der Waals surface area contributed by atoms with Gasteiger partial charge in [0.25, 0.3) is 0 Å². The first kappa shape index (κ1) is 16.8. The van der Waals surface area contributed by atoms with Crippen LogP contribution in [0.4, 0.5) is 13.2 Å². The predicted molar refractivity (Wildman–Crippen MR) is 88.9 cm³/mol. The lowest BCUT2D eigenvalue weighted by atomic mass is 9.90. The van der Waals surface area contributed by atoms with Crippen LogP contribution >= 0.6 is 12.0 Å². The molecule has 24 heavy (non-hydrogen) atoms. The third-order valence-electron chi connectivity index (χ3n) is 3.43. The molecule has 0 fully saturated rings. The van der Waals surface area contributed by atoms with Crippen LogP contribution in [-0.2, 0) is 0 Å². The normalized spacial score (nSPS) is 16.0. The van der Waals surface area contributed by atoms with Crippen LogP contribution in [0.1, 0.15) is 25.0 Å². The number of alkyl halides is 3. The number of rotatable bonds is 3. The minimum Gasteiger partial charge on any atom is -0.483 e. The molecule has 0 saturated heterocycles. The Morgan fingerprint density at radius 2 is 1.75 bits per heavy atom. The molecule has 0 aliphatic carbocycles. The van der Waals surface area contributed by atoms with E-state index in [0.29, 0.717) is 5.75 Å². The molecule has 0 amide bonds. The highest BCUT2D eigenvalue weighted by molar-refractivity contribution is 7.95. The first-order chi connectivity index (χ1) is 11.2. The summed E-state index contributed by atoms with van der Waals surface area (Å²) in [5.41, 5.74) is -2.20. The molecule has 0 radical (unpaired) electrons. The Bertz CT molecular complexity index is 768. The van der Waals surface area contributed by atoms with Crippen LogP contribution in [0.25, 0.3) is 5.57 Å². The van der Waals surface area contributed by atoms with Gasteiger partial charge < -0.3 is 8.92 Å². The van der Waals surface area contributed by atoms with Gasteiger partial charge in [-0.05, 0) is 43.2 Å². The minimum atomic E-state index is -4.45. The molecule has 6 heteroatoms. The van der Waals surface area contributed by atoms with Crippen LogP contribution in [0, 0.1) is 0 Å². The van der Waals surface area contributed by atoms with Crippen molar-refractivity contribution in [1.82, 2.24) is 0 Å². The van der Waals surface area contributed by atoms with Crippen molar-refractivity contribution in [2.75, 3.05) is 0 Å². The van der Waals surface area contributed by atoms with Crippen molar-refractivity contribution in [1.29, 1.82) is 0 Å².